The number of carbonyl (C=O) groups is 1. The second-order valence-electron chi connectivity index (χ2n) is 7.34. The van der Waals surface area contributed by atoms with Crippen LogP contribution < -0.4 is 10.6 Å². The SMILES string of the molecule is CC(CC(=O)NCc1nccn1CCc1ccccc1)C1CCCNC1.Cl.Cl. The predicted molar refractivity (Wildman–Crippen MR) is 118 cm³/mol. The van der Waals surface area contributed by atoms with Gasteiger partial charge < -0.3 is 15.2 Å². The maximum Gasteiger partial charge on any atom is 0.220 e. The van der Waals surface area contributed by atoms with Gasteiger partial charge in [0.1, 0.15) is 5.82 Å². The number of benzene rings is 1. The molecule has 1 aliphatic heterocycles. The van der Waals surface area contributed by atoms with Gasteiger partial charge in [0.25, 0.3) is 0 Å². The predicted octanol–water partition coefficient (Wildman–Crippen LogP) is 3.61. The maximum atomic E-state index is 12.3. The molecule has 1 aliphatic rings. The van der Waals surface area contributed by atoms with E-state index in [1.54, 1.807) is 0 Å². The van der Waals surface area contributed by atoms with Gasteiger partial charge in [0.2, 0.25) is 5.91 Å². The Bertz CT molecular complexity index is 687. The molecule has 2 atom stereocenters. The topological polar surface area (TPSA) is 59.0 Å². The van der Waals surface area contributed by atoms with Crippen molar-refractivity contribution < 1.29 is 4.79 Å². The van der Waals surface area contributed by atoms with E-state index in [0.717, 1.165) is 31.9 Å². The smallest absolute Gasteiger partial charge is 0.220 e. The number of nitrogens with zero attached hydrogens (tertiary/aromatic N) is 2. The molecule has 28 heavy (non-hydrogen) atoms. The molecule has 1 saturated heterocycles. The van der Waals surface area contributed by atoms with Crippen molar-refractivity contribution in [3.8, 4) is 0 Å². The third-order valence-electron chi connectivity index (χ3n) is 5.38. The zero-order valence-electron chi connectivity index (χ0n) is 16.5. The molecule has 0 aliphatic carbocycles. The summed E-state index contributed by atoms with van der Waals surface area (Å²) in [5, 5.41) is 6.48. The molecule has 156 valence electrons. The fraction of sp³-hybridized carbons (Fsp3) is 0.524. The number of rotatable bonds is 8. The van der Waals surface area contributed by atoms with Crippen LogP contribution in [0.15, 0.2) is 42.7 Å². The highest BCUT2D eigenvalue weighted by molar-refractivity contribution is 5.85. The molecular formula is C21H32Cl2N4O. The highest BCUT2D eigenvalue weighted by atomic mass is 35.5. The first-order chi connectivity index (χ1) is 12.7. The number of piperidine rings is 1. The molecule has 0 radical (unpaired) electrons. The van der Waals surface area contributed by atoms with Crippen molar-refractivity contribution in [3.63, 3.8) is 0 Å². The van der Waals surface area contributed by atoms with E-state index in [1.165, 1.54) is 18.4 Å². The Morgan fingerprint density at radius 3 is 2.82 bits per heavy atom. The summed E-state index contributed by atoms with van der Waals surface area (Å²) in [7, 11) is 0. The minimum absolute atomic E-state index is 0. The largest absolute Gasteiger partial charge is 0.349 e. The van der Waals surface area contributed by atoms with E-state index >= 15 is 0 Å². The highest BCUT2D eigenvalue weighted by Crippen LogP contribution is 2.22. The lowest BCUT2D eigenvalue weighted by Crippen LogP contribution is -2.35. The van der Waals surface area contributed by atoms with E-state index in [-0.39, 0.29) is 30.7 Å². The first-order valence-corrected chi connectivity index (χ1v) is 9.73. The Kier molecular flexibility index (Phi) is 11.2. The van der Waals surface area contributed by atoms with Crippen LogP contribution in [0.2, 0.25) is 0 Å². The van der Waals surface area contributed by atoms with E-state index in [9.17, 15) is 4.79 Å². The molecule has 2 heterocycles. The second-order valence-corrected chi connectivity index (χ2v) is 7.34. The van der Waals surface area contributed by atoms with E-state index < -0.39 is 0 Å². The number of halogens is 2. The van der Waals surface area contributed by atoms with Gasteiger partial charge in [0.15, 0.2) is 0 Å². The number of aromatic nitrogens is 2. The molecule has 5 nitrogen and oxygen atoms in total. The van der Waals surface area contributed by atoms with Crippen LogP contribution in [0.25, 0.3) is 0 Å². The van der Waals surface area contributed by atoms with Crippen molar-refractivity contribution in [3.05, 3.63) is 54.1 Å². The number of amides is 1. The summed E-state index contributed by atoms with van der Waals surface area (Å²) in [6.07, 6.45) is 7.80. The molecule has 1 aromatic heterocycles. The molecule has 3 rings (SSSR count). The van der Waals surface area contributed by atoms with Gasteiger partial charge in [-0.3, -0.25) is 4.79 Å². The molecule has 2 N–H and O–H groups in total. The van der Waals surface area contributed by atoms with Crippen LogP contribution in [0.5, 0.6) is 0 Å². The lowest BCUT2D eigenvalue weighted by Gasteiger charge is -2.28. The molecule has 2 unspecified atom stereocenters. The monoisotopic (exact) mass is 426 g/mol. The number of aryl methyl sites for hydroxylation is 2. The van der Waals surface area contributed by atoms with Gasteiger partial charge in [-0.05, 0) is 49.8 Å². The summed E-state index contributed by atoms with van der Waals surface area (Å²) in [6, 6.07) is 10.4. The summed E-state index contributed by atoms with van der Waals surface area (Å²) in [5.74, 6) is 2.07. The summed E-state index contributed by atoms with van der Waals surface area (Å²) in [6.45, 7) is 5.72. The zero-order valence-corrected chi connectivity index (χ0v) is 18.1. The Hall–Kier alpha value is -1.56. The zero-order chi connectivity index (χ0) is 18.2. The number of nitrogens with one attached hydrogen (secondary N) is 2. The van der Waals surface area contributed by atoms with Crippen molar-refractivity contribution in [1.29, 1.82) is 0 Å². The minimum atomic E-state index is 0. The molecule has 1 amide bonds. The second kappa shape index (κ2) is 12.8. The van der Waals surface area contributed by atoms with Crippen LogP contribution in [0.4, 0.5) is 0 Å². The molecule has 1 fully saturated rings. The quantitative estimate of drug-likeness (QED) is 0.677. The number of hydrogen-bond donors (Lipinski definition) is 2. The standard InChI is InChI=1S/C21H30N4O.2ClH/c1-17(19-8-5-10-22-15-19)14-21(26)24-16-20-23-11-13-25(20)12-9-18-6-3-2-4-7-18;;/h2-4,6-7,11,13,17,19,22H,5,8-10,12,14-16H2,1H3,(H,24,26);2*1H. The number of imidazole rings is 1. The molecule has 0 saturated carbocycles. The average Bonchev–Trinajstić information content (AvgIpc) is 3.13. The molecule has 7 heteroatoms. The molecular weight excluding hydrogens is 395 g/mol. The van der Waals surface area contributed by atoms with Gasteiger partial charge in [-0.25, -0.2) is 4.98 Å². The molecule has 0 bridgehead atoms. The Labute approximate surface area is 180 Å². The van der Waals surface area contributed by atoms with Crippen LogP contribution in [-0.2, 0) is 24.3 Å². The Morgan fingerprint density at radius 2 is 2.11 bits per heavy atom. The van der Waals surface area contributed by atoms with Gasteiger partial charge in [0, 0.05) is 25.4 Å². The average molecular weight is 427 g/mol. The van der Waals surface area contributed by atoms with Crippen molar-refractivity contribution in [2.45, 2.75) is 45.7 Å². The van der Waals surface area contributed by atoms with Crippen molar-refractivity contribution >= 4 is 30.7 Å². The van der Waals surface area contributed by atoms with Gasteiger partial charge >= 0.3 is 0 Å². The minimum Gasteiger partial charge on any atom is -0.349 e. The lowest BCUT2D eigenvalue weighted by atomic mass is 9.85. The Balaban J connectivity index is 0.00000196. The van der Waals surface area contributed by atoms with E-state index in [2.05, 4.69) is 51.4 Å². The summed E-state index contributed by atoms with van der Waals surface area (Å²) in [5.41, 5.74) is 1.31. The molecule has 0 spiro atoms. The van der Waals surface area contributed by atoms with Crippen LogP contribution in [-0.4, -0.2) is 28.5 Å². The van der Waals surface area contributed by atoms with Gasteiger partial charge in [0.05, 0.1) is 6.54 Å². The first-order valence-electron chi connectivity index (χ1n) is 9.73. The molecule has 2 aromatic rings. The fourth-order valence-corrected chi connectivity index (χ4v) is 3.68. The third kappa shape index (κ3) is 7.46. The van der Waals surface area contributed by atoms with Gasteiger partial charge in [-0.2, -0.15) is 0 Å². The van der Waals surface area contributed by atoms with Crippen LogP contribution >= 0.6 is 24.8 Å². The van der Waals surface area contributed by atoms with E-state index in [0.29, 0.717) is 24.8 Å². The fourth-order valence-electron chi connectivity index (χ4n) is 3.68. The van der Waals surface area contributed by atoms with E-state index in [4.69, 9.17) is 0 Å². The Morgan fingerprint density at radius 1 is 1.32 bits per heavy atom. The third-order valence-corrected chi connectivity index (χ3v) is 5.38. The van der Waals surface area contributed by atoms with Crippen molar-refractivity contribution in [2.24, 2.45) is 11.8 Å². The summed E-state index contributed by atoms with van der Waals surface area (Å²) >= 11 is 0. The van der Waals surface area contributed by atoms with Gasteiger partial charge in [-0.1, -0.05) is 37.3 Å². The number of carbonyl (C=O) groups excluding carboxylic acids is 1. The van der Waals surface area contributed by atoms with Crippen LogP contribution in [0.1, 0.15) is 37.6 Å². The summed E-state index contributed by atoms with van der Waals surface area (Å²) in [4.78, 5) is 16.7. The normalized spacial score (nSPS) is 17.1. The number of hydrogen-bond acceptors (Lipinski definition) is 3. The highest BCUT2D eigenvalue weighted by Gasteiger charge is 2.22. The molecule has 1 aromatic carbocycles. The van der Waals surface area contributed by atoms with Crippen molar-refractivity contribution in [2.75, 3.05) is 13.1 Å². The van der Waals surface area contributed by atoms with Crippen LogP contribution in [0, 0.1) is 11.8 Å². The van der Waals surface area contributed by atoms with Crippen LogP contribution in [0.3, 0.4) is 0 Å². The van der Waals surface area contributed by atoms with Gasteiger partial charge in [-0.15, -0.1) is 24.8 Å². The lowest BCUT2D eigenvalue weighted by molar-refractivity contribution is -0.122. The van der Waals surface area contributed by atoms with E-state index in [1.807, 2.05) is 18.5 Å². The first kappa shape index (κ1) is 24.5. The maximum absolute atomic E-state index is 12.3. The van der Waals surface area contributed by atoms with Crippen molar-refractivity contribution in [1.82, 2.24) is 20.2 Å². The summed E-state index contributed by atoms with van der Waals surface area (Å²) < 4.78 is 2.13.